The second kappa shape index (κ2) is 5.12. The van der Waals surface area contributed by atoms with E-state index >= 15 is 0 Å². The number of hydrogen-bond donors (Lipinski definition) is 1. The molecule has 0 radical (unpaired) electrons. The minimum Gasteiger partial charge on any atom is -0.370 e. The van der Waals surface area contributed by atoms with Crippen LogP contribution in [0.25, 0.3) is 0 Å². The van der Waals surface area contributed by atoms with Gasteiger partial charge < -0.3 is 10.6 Å². The molecule has 1 atom stereocenters. The van der Waals surface area contributed by atoms with Crippen LogP contribution >= 0.6 is 0 Å². The van der Waals surface area contributed by atoms with Gasteiger partial charge in [-0.1, -0.05) is 0 Å². The normalized spacial score (nSPS) is 20.3. The molecule has 2 N–H and O–H groups in total. The first-order valence-electron chi connectivity index (χ1n) is 6.00. The first kappa shape index (κ1) is 11.8. The third-order valence-electron chi connectivity index (χ3n) is 3.15. The molecule has 2 rings (SSSR count). The molecule has 1 aromatic heterocycles. The molecule has 17 heavy (non-hydrogen) atoms. The standard InChI is InChI=1S/C12H18N4O/c1-9-6-12(15-8-14-9)16-5-3-2-4-10(16)7-11(13)17/h6,8,10H,2-5,7H2,1H3,(H2,13,17)/t10-/m0/s1. The number of nitrogens with zero attached hydrogens (tertiary/aromatic N) is 3. The maximum absolute atomic E-state index is 11.1. The molecular formula is C12H18N4O. The van der Waals surface area contributed by atoms with Gasteiger partial charge in [-0.05, 0) is 26.2 Å². The molecule has 1 aromatic rings. The zero-order valence-corrected chi connectivity index (χ0v) is 10.1. The van der Waals surface area contributed by atoms with Crippen LogP contribution in [0.2, 0.25) is 0 Å². The molecule has 1 aliphatic heterocycles. The van der Waals surface area contributed by atoms with Gasteiger partial charge in [0.2, 0.25) is 5.91 Å². The lowest BCUT2D eigenvalue weighted by Crippen LogP contribution is -2.42. The Morgan fingerprint density at radius 2 is 2.35 bits per heavy atom. The van der Waals surface area contributed by atoms with Crippen molar-refractivity contribution in [2.75, 3.05) is 11.4 Å². The minimum atomic E-state index is -0.243. The zero-order chi connectivity index (χ0) is 12.3. The van der Waals surface area contributed by atoms with Crippen molar-refractivity contribution in [3.8, 4) is 0 Å². The van der Waals surface area contributed by atoms with Crippen LogP contribution in [0.1, 0.15) is 31.4 Å². The maximum atomic E-state index is 11.1. The molecule has 2 heterocycles. The van der Waals surface area contributed by atoms with Gasteiger partial charge in [0.05, 0.1) is 0 Å². The minimum absolute atomic E-state index is 0.190. The van der Waals surface area contributed by atoms with Gasteiger partial charge in [0.25, 0.3) is 0 Å². The number of amides is 1. The van der Waals surface area contributed by atoms with Crippen molar-refractivity contribution < 1.29 is 4.79 Å². The van der Waals surface area contributed by atoms with Gasteiger partial charge in [-0.3, -0.25) is 4.79 Å². The van der Waals surface area contributed by atoms with Crippen molar-refractivity contribution >= 4 is 11.7 Å². The van der Waals surface area contributed by atoms with E-state index in [2.05, 4.69) is 14.9 Å². The highest BCUT2D eigenvalue weighted by molar-refractivity contribution is 5.75. The van der Waals surface area contributed by atoms with Crippen LogP contribution in [-0.4, -0.2) is 28.5 Å². The van der Waals surface area contributed by atoms with Crippen LogP contribution in [0.3, 0.4) is 0 Å². The predicted octanol–water partition coefficient (Wildman–Crippen LogP) is 1.02. The average molecular weight is 234 g/mol. The Labute approximate surface area is 101 Å². The summed E-state index contributed by atoms with van der Waals surface area (Å²) in [6.07, 6.45) is 5.27. The van der Waals surface area contributed by atoms with Crippen LogP contribution in [0.5, 0.6) is 0 Å². The second-order valence-electron chi connectivity index (χ2n) is 4.53. The van der Waals surface area contributed by atoms with Crippen LogP contribution in [0.15, 0.2) is 12.4 Å². The van der Waals surface area contributed by atoms with E-state index in [1.54, 1.807) is 6.33 Å². The monoisotopic (exact) mass is 234 g/mol. The number of anilines is 1. The summed E-state index contributed by atoms with van der Waals surface area (Å²) in [6, 6.07) is 2.15. The zero-order valence-electron chi connectivity index (χ0n) is 10.1. The van der Waals surface area contributed by atoms with E-state index in [0.717, 1.165) is 37.3 Å². The van der Waals surface area contributed by atoms with E-state index in [-0.39, 0.29) is 11.9 Å². The number of piperidine rings is 1. The Bertz CT molecular complexity index is 407. The first-order valence-corrected chi connectivity index (χ1v) is 6.00. The molecule has 0 spiro atoms. The van der Waals surface area contributed by atoms with Gasteiger partial charge in [0.1, 0.15) is 12.1 Å². The lowest BCUT2D eigenvalue weighted by atomic mass is 9.99. The van der Waals surface area contributed by atoms with Gasteiger partial charge in [0.15, 0.2) is 0 Å². The lowest BCUT2D eigenvalue weighted by Gasteiger charge is -2.36. The lowest BCUT2D eigenvalue weighted by molar-refractivity contribution is -0.118. The van der Waals surface area contributed by atoms with Crippen molar-refractivity contribution in [2.24, 2.45) is 5.73 Å². The van der Waals surface area contributed by atoms with Crippen molar-refractivity contribution in [1.82, 2.24) is 9.97 Å². The molecule has 0 unspecified atom stereocenters. The third kappa shape index (κ3) is 2.93. The summed E-state index contributed by atoms with van der Waals surface area (Å²) in [5, 5.41) is 0. The largest absolute Gasteiger partial charge is 0.370 e. The summed E-state index contributed by atoms with van der Waals surface area (Å²) >= 11 is 0. The number of aryl methyl sites for hydroxylation is 1. The van der Waals surface area contributed by atoms with E-state index < -0.39 is 0 Å². The molecular weight excluding hydrogens is 216 g/mol. The van der Waals surface area contributed by atoms with Crippen molar-refractivity contribution in [2.45, 2.75) is 38.6 Å². The van der Waals surface area contributed by atoms with Gasteiger partial charge in [-0.15, -0.1) is 0 Å². The number of nitrogens with two attached hydrogens (primary N) is 1. The highest BCUT2D eigenvalue weighted by Crippen LogP contribution is 2.24. The van der Waals surface area contributed by atoms with Gasteiger partial charge >= 0.3 is 0 Å². The molecule has 1 amide bonds. The smallest absolute Gasteiger partial charge is 0.219 e. The first-order chi connectivity index (χ1) is 8.16. The molecule has 5 heteroatoms. The fourth-order valence-corrected chi connectivity index (χ4v) is 2.34. The van der Waals surface area contributed by atoms with Crippen molar-refractivity contribution in [3.63, 3.8) is 0 Å². The molecule has 1 aliphatic rings. The summed E-state index contributed by atoms with van der Waals surface area (Å²) in [7, 11) is 0. The number of carbonyl (C=O) groups is 1. The van der Waals surface area contributed by atoms with Gasteiger partial charge in [-0.25, -0.2) is 9.97 Å². The van der Waals surface area contributed by atoms with Crippen LogP contribution in [0, 0.1) is 6.92 Å². The number of hydrogen-bond acceptors (Lipinski definition) is 4. The number of primary amides is 1. The molecule has 0 aliphatic carbocycles. The number of aromatic nitrogens is 2. The maximum Gasteiger partial charge on any atom is 0.219 e. The SMILES string of the molecule is Cc1cc(N2CCCC[C@H]2CC(N)=O)ncn1. The van der Waals surface area contributed by atoms with E-state index in [4.69, 9.17) is 5.73 Å². The second-order valence-corrected chi connectivity index (χ2v) is 4.53. The molecule has 0 bridgehead atoms. The fraction of sp³-hybridized carbons (Fsp3) is 0.583. The highest BCUT2D eigenvalue weighted by Gasteiger charge is 2.25. The molecule has 92 valence electrons. The molecule has 1 fully saturated rings. The quantitative estimate of drug-likeness (QED) is 0.847. The average Bonchev–Trinajstić information content (AvgIpc) is 2.29. The molecule has 0 saturated carbocycles. The number of rotatable bonds is 3. The van der Waals surface area contributed by atoms with E-state index in [1.165, 1.54) is 0 Å². The third-order valence-corrected chi connectivity index (χ3v) is 3.15. The Morgan fingerprint density at radius 3 is 3.06 bits per heavy atom. The number of carbonyl (C=O) groups excluding carboxylic acids is 1. The summed E-state index contributed by atoms with van der Waals surface area (Å²) < 4.78 is 0. The Balaban J connectivity index is 2.18. The van der Waals surface area contributed by atoms with Crippen LogP contribution in [0.4, 0.5) is 5.82 Å². The molecule has 0 aromatic carbocycles. The Morgan fingerprint density at radius 1 is 1.53 bits per heavy atom. The fourth-order valence-electron chi connectivity index (χ4n) is 2.34. The molecule has 5 nitrogen and oxygen atoms in total. The van der Waals surface area contributed by atoms with Crippen molar-refractivity contribution in [3.05, 3.63) is 18.1 Å². The highest BCUT2D eigenvalue weighted by atomic mass is 16.1. The Hall–Kier alpha value is -1.65. The van der Waals surface area contributed by atoms with Crippen LogP contribution < -0.4 is 10.6 Å². The Kier molecular flexibility index (Phi) is 3.56. The summed E-state index contributed by atoms with van der Waals surface area (Å²) in [5.41, 5.74) is 6.24. The van der Waals surface area contributed by atoms with E-state index in [1.807, 2.05) is 13.0 Å². The van der Waals surface area contributed by atoms with Gasteiger partial charge in [0, 0.05) is 30.8 Å². The van der Waals surface area contributed by atoms with E-state index in [0.29, 0.717) is 6.42 Å². The summed E-state index contributed by atoms with van der Waals surface area (Å²) in [5.74, 6) is 0.663. The van der Waals surface area contributed by atoms with Gasteiger partial charge in [-0.2, -0.15) is 0 Å². The summed E-state index contributed by atoms with van der Waals surface area (Å²) in [4.78, 5) is 21.6. The predicted molar refractivity (Wildman–Crippen MR) is 65.6 cm³/mol. The molecule has 1 saturated heterocycles. The van der Waals surface area contributed by atoms with Crippen LogP contribution in [-0.2, 0) is 4.79 Å². The topological polar surface area (TPSA) is 72.1 Å². The van der Waals surface area contributed by atoms with E-state index in [9.17, 15) is 4.79 Å². The van der Waals surface area contributed by atoms with Crippen molar-refractivity contribution in [1.29, 1.82) is 0 Å². The summed E-state index contributed by atoms with van der Waals surface area (Å²) in [6.45, 7) is 2.88.